The minimum atomic E-state index is -0.813. The van der Waals surface area contributed by atoms with Crippen LogP contribution >= 0.6 is 0 Å². The fourth-order valence-corrected chi connectivity index (χ4v) is 3.06. The molecule has 0 bridgehead atoms. The summed E-state index contributed by atoms with van der Waals surface area (Å²) in [6.45, 7) is 3.58. The predicted molar refractivity (Wildman–Crippen MR) is 73.5 cm³/mol. The third-order valence-corrected chi connectivity index (χ3v) is 3.93. The Labute approximate surface area is 119 Å². The quantitative estimate of drug-likeness (QED) is 0.769. The Hall–Kier alpha value is -1.30. The number of piperidine rings is 1. The number of aliphatic carboxylic acids is 1. The van der Waals surface area contributed by atoms with Crippen molar-refractivity contribution in [1.29, 1.82) is 0 Å². The Bertz CT molecular complexity index is 357. The lowest BCUT2D eigenvalue weighted by molar-refractivity contribution is -0.138. The molecule has 2 unspecified atom stereocenters. The molecule has 6 heteroatoms. The lowest BCUT2D eigenvalue weighted by Gasteiger charge is -2.37. The first kappa shape index (κ1) is 15.1. The maximum Gasteiger partial charge on any atom is 0.407 e. The summed E-state index contributed by atoms with van der Waals surface area (Å²) in [5.41, 5.74) is 0. The third-order valence-electron chi connectivity index (χ3n) is 3.93. The van der Waals surface area contributed by atoms with Gasteiger partial charge >= 0.3 is 12.1 Å². The average molecular weight is 284 g/mol. The minimum absolute atomic E-state index is 0.00843. The van der Waals surface area contributed by atoms with Gasteiger partial charge in [0.1, 0.15) is 0 Å². The molecule has 2 fully saturated rings. The number of carboxylic acid groups (broad SMARTS) is 1. The molecule has 0 aromatic rings. The average Bonchev–Trinajstić information content (AvgIpc) is 3.11. The Balaban J connectivity index is 1.87. The third kappa shape index (κ3) is 5.00. The Morgan fingerprint density at radius 3 is 2.65 bits per heavy atom. The number of nitrogens with one attached hydrogen (secondary N) is 1. The fourth-order valence-electron chi connectivity index (χ4n) is 3.06. The molecule has 1 aliphatic heterocycles. The Morgan fingerprint density at radius 1 is 1.30 bits per heavy atom. The van der Waals surface area contributed by atoms with Crippen molar-refractivity contribution >= 4 is 12.1 Å². The van der Waals surface area contributed by atoms with Crippen LogP contribution in [0.5, 0.6) is 0 Å². The van der Waals surface area contributed by atoms with E-state index in [0.29, 0.717) is 19.1 Å². The van der Waals surface area contributed by atoms with Crippen LogP contribution in [-0.2, 0) is 9.53 Å². The summed E-state index contributed by atoms with van der Waals surface area (Å²) >= 11 is 0. The standard InChI is InChI=1S/C14H24N2O4/c1-2-20-14(19)15-12-6-11(5-10-3-4-10)7-16(8-12)9-13(17)18/h10-12H,2-9H2,1H3,(H,15,19)(H,17,18). The second kappa shape index (κ2) is 6.92. The highest BCUT2D eigenvalue weighted by atomic mass is 16.5. The molecule has 0 aromatic heterocycles. The van der Waals surface area contributed by atoms with E-state index in [1.165, 1.54) is 12.8 Å². The molecule has 0 spiro atoms. The zero-order chi connectivity index (χ0) is 14.5. The van der Waals surface area contributed by atoms with Crippen LogP contribution in [0.25, 0.3) is 0 Å². The largest absolute Gasteiger partial charge is 0.480 e. The van der Waals surface area contributed by atoms with Crippen molar-refractivity contribution in [3.63, 3.8) is 0 Å². The molecular weight excluding hydrogens is 260 g/mol. The van der Waals surface area contributed by atoms with Crippen LogP contribution in [0.2, 0.25) is 0 Å². The molecule has 6 nitrogen and oxygen atoms in total. The van der Waals surface area contributed by atoms with Crippen molar-refractivity contribution in [3.8, 4) is 0 Å². The molecule has 114 valence electrons. The van der Waals surface area contributed by atoms with Crippen molar-refractivity contribution in [2.75, 3.05) is 26.2 Å². The zero-order valence-electron chi connectivity index (χ0n) is 12.0. The number of carbonyl (C=O) groups excluding carboxylic acids is 1. The number of alkyl carbamates (subject to hydrolysis) is 1. The van der Waals surface area contributed by atoms with Crippen molar-refractivity contribution in [1.82, 2.24) is 10.2 Å². The van der Waals surface area contributed by atoms with E-state index < -0.39 is 12.1 Å². The van der Waals surface area contributed by atoms with Gasteiger partial charge in [-0.25, -0.2) is 4.79 Å². The van der Waals surface area contributed by atoms with Gasteiger partial charge in [-0.1, -0.05) is 12.8 Å². The normalized spacial score (nSPS) is 27.1. The molecule has 2 aliphatic rings. The predicted octanol–water partition coefficient (Wildman–Crippen LogP) is 1.31. The highest BCUT2D eigenvalue weighted by molar-refractivity contribution is 5.69. The maximum absolute atomic E-state index is 11.5. The summed E-state index contributed by atoms with van der Waals surface area (Å²) in [7, 11) is 0. The molecule has 0 radical (unpaired) electrons. The van der Waals surface area contributed by atoms with Crippen LogP contribution in [-0.4, -0.2) is 54.4 Å². The molecule has 20 heavy (non-hydrogen) atoms. The van der Waals surface area contributed by atoms with Gasteiger partial charge in [0.2, 0.25) is 0 Å². The molecule has 1 saturated heterocycles. The SMILES string of the molecule is CCOC(=O)NC1CC(CC2CC2)CN(CC(=O)O)C1. The fraction of sp³-hybridized carbons (Fsp3) is 0.857. The van der Waals surface area contributed by atoms with E-state index in [2.05, 4.69) is 5.32 Å². The molecule has 1 amide bonds. The summed E-state index contributed by atoms with van der Waals surface area (Å²) in [6, 6.07) is -0.00843. The molecule has 0 aromatic carbocycles. The molecule has 1 saturated carbocycles. The van der Waals surface area contributed by atoms with E-state index >= 15 is 0 Å². The number of hydrogen-bond donors (Lipinski definition) is 2. The lowest BCUT2D eigenvalue weighted by atomic mass is 9.90. The Morgan fingerprint density at radius 2 is 2.05 bits per heavy atom. The van der Waals surface area contributed by atoms with E-state index in [-0.39, 0.29) is 12.6 Å². The molecule has 1 heterocycles. The van der Waals surface area contributed by atoms with Gasteiger partial charge < -0.3 is 15.2 Å². The second-order valence-corrected chi connectivity index (χ2v) is 5.93. The number of nitrogens with zero attached hydrogens (tertiary/aromatic N) is 1. The summed E-state index contributed by atoms with van der Waals surface area (Å²) < 4.78 is 4.90. The van der Waals surface area contributed by atoms with Gasteiger partial charge in [0.25, 0.3) is 0 Å². The number of carbonyl (C=O) groups is 2. The van der Waals surface area contributed by atoms with Crippen molar-refractivity contribution in [3.05, 3.63) is 0 Å². The zero-order valence-corrected chi connectivity index (χ0v) is 12.0. The van der Waals surface area contributed by atoms with Gasteiger partial charge in [0.15, 0.2) is 0 Å². The number of ether oxygens (including phenoxy) is 1. The molecule has 2 rings (SSSR count). The van der Waals surface area contributed by atoms with E-state index in [0.717, 1.165) is 25.3 Å². The monoisotopic (exact) mass is 284 g/mol. The second-order valence-electron chi connectivity index (χ2n) is 5.93. The molecular formula is C14H24N2O4. The summed E-state index contributed by atoms with van der Waals surface area (Å²) in [5.74, 6) is 0.475. The van der Waals surface area contributed by atoms with Gasteiger partial charge in [-0.05, 0) is 31.6 Å². The lowest BCUT2D eigenvalue weighted by Crippen LogP contribution is -2.52. The van der Waals surface area contributed by atoms with E-state index in [9.17, 15) is 9.59 Å². The van der Waals surface area contributed by atoms with E-state index in [4.69, 9.17) is 9.84 Å². The summed E-state index contributed by atoms with van der Waals surface area (Å²) in [4.78, 5) is 24.3. The van der Waals surface area contributed by atoms with Crippen molar-refractivity contribution in [2.24, 2.45) is 11.8 Å². The van der Waals surface area contributed by atoms with Crippen molar-refractivity contribution in [2.45, 2.75) is 38.6 Å². The minimum Gasteiger partial charge on any atom is -0.480 e. The summed E-state index contributed by atoms with van der Waals surface area (Å²) in [6.07, 6.45) is 4.26. The van der Waals surface area contributed by atoms with E-state index in [1.807, 2.05) is 4.90 Å². The number of amides is 1. The van der Waals surface area contributed by atoms with E-state index in [1.54, 1.807) is 6.92 Å². The van der Waals surface area contributed by atoms with Crippen LogP contribution in [0.4, 0.5) is 4.79 Å². The number of carboxylic acids is 1. The first-order valence-corrected chi connectivity index (χ1v) is 7.44. The van der Waals surface area contributed by atoms with Gasteiger partial charge in [0.05, 0.1) is 13.2 Å². The summed E-state index contributed by atoms with van der Waals surface area (Å²) in [5, 5.41) is 11.8. The Kier molecular flexibility index (Phi) is 5.23. The van der Waals surface area contributed by atoms with Gasteiger partial charge in [-0.3, -0.25) is 9.69 Å². The maximum atomic E-state index is 11.5. The van der Waals surface area contributed by atoms with Crippen LogP contribution in [0, 0.1) is 11.8 Å². The molecule has 1 aliphatic carbocycles. The van der Waals surface area contributed by atoms with Gasteiger partial charge in [0, 0.05) is 19.1 Å². The van der Waals surface area contributed by atoms with Gasteiger partial charge in [-0.15, -0.1) is 0 Å². The van der Waals surface area contributed by atoms with Crippen molar-refractivity contribution < 1.29 is 19.4 Å². The number of rotatable bonds is 6. The van der Waals surface area contributed by atoms with Crippen LogP contribution in [0.1, 0.15) is 32.6 Å². The van der Waals surface area contributed by atoms with Crippen LogP contribution in [0.3, 0.4) is 0 Å². The first-order chi connectivity index (χ1) is 9.56. The van der Waals surface area contributed by atoms with Crippen LogP contribution in [0.15, 0.2) is 0 Å². The number of likely N-dealkylation sites (tertiary alicyclic amines) is 1. The number of hydrogen-bond acceptors (Lipinski definition) is 4. The van der Waals surface area contributed by atoms with Crippen LogP contribution < -0.4 is 5.32 Å². The molecule has 2 atom stereocenters. The smallest absolute Gasteiger partial charge is 0.407 e. The first-order valence-electron chi connectivity index (χ1n) is 7.44. The molecule has 2 N–H and O–H groups in total. The highest BCUT2D eigenvalue weighted by Crippen LogP contribution is 2.37. The topological polar surface area (TPSA) is 78.9 Å². The van der Waals surface area contributed by atoms with Gasteiger partial charge in [-0.2, -0.15) is 0 Å². The highest BCUT2D eigenvalue weighted by Gasteiger charge is 2.33.